The molecule has 4 heteroatoms. The monoisotopic (exact) mass is 320 g/mol. The number of nitrogens with zero attached hydrogens (tertiary/aromatic N) is 4. The summed E-state index contributed by atoms with van der Waals surface area (Å²) < 4.78 is 0. The molecule has 0 saturated carbocycles. The molecule has 4 aliphatic rings. The van der Waals surface area contributed by atoms with Gasteiger partial charge in [0.1, 0.15) is 0 Å². The fraction of sp³-hybridized carbons (Fsp3) is 1.00. The molecule has 4 aliphatic heterocycles. The molecule has 0 aromatic carbocycles. The first kappa shape index (κ1) is 16.3. The van der Waals surface area contributed by atoms with E-state index in [0.29, 0.717) is 0 Å². The zero-order valence-electron chi connectivity index (χ0n) is 15.5. The summed E-state index contributed by atoms with van der Waals surface area (Å²) in [7, 11) is 2.32. The van der Waals surface area contributed by atoms with Gasteiger partial charge in [-0.25, -0.2) is 0 Å². The van der Waals surface area contributed by atoms with Crippen LogP contribution in [0.25, 0.3) is 0 Å². The van der Waals surface area contributed by atoms with Gasteiger partial charge in [-0.2, -0.15) is 0 Å². The van der Waals surface area contributed by atoms with E-state index in [4.69, 9.17) is 0 Å². The van der Waals surface area contributed by atoms with Gasteiger partial charge in [0.25, 0.3) is 0 Å². The highest BCUT2D eigenvalue weighted by atomic mass is 15.3. The summed E-state index contributed by atoms with van der Waals surface area (Å²) in [6.45, 7) is 14.2. The Hall–Kier alpha value is -0.160. The fourth-order valence-electron chi connectivity index (χ4n) is 5.43. The molecule has 0 amide bonds. The van der Waals surface area contributed by atoms with E-state index in [9.17, 15) is 0 Å². The summed E-state index contributed by atoms with van der Waals surface area (Å²) in [6, 6.07) is 3.27. The Morgan fingerprint density at radius 3 is 2.26 bits per heavy atom. The Morgan fingerprint density at radius 1 is 0.826 bits per heavy atom. The van der Waals surface area contributed by atoms with Crippen molar-refractivity contribution in [1.29, 1.82) is 0 Å². The van der Waals surface area contributed by atoms with Crippen molar-refractivity contribution in [3.63, 3.8) is 0 Å². The molecule has 0 bridgehead atoms. The summed E-state index contributed by atoms with van der Waals surface area (Å²) in [4.78, 5) is 10.8. The third-order valence-corrected chi connectivity index (χ3v) is 7.49. The van der Waals surface area contributed by atoms with Crippen LogP contribution in [0.5, 0.6) is 0 Å². The van der Waals surface area contributed by atoms with E-state index in [-0.39, 0.29) is 0 Å². The van der Waals surface area contributed by atoms with Gasteiger partial charge >= 0.3 is 0 Å². The molecule has 132 valence electrons. The van der Waals surface area contributed by atoms with Crippen molar-refractivity contribution in [1.82, 2.24) is 19.6 Å². The SMILES string of the molecule is C[C@H](CC[C@H](C)N1CCN2CCC2C1)N1CC2CCN(C)C2C1. The predicted molar refractivity (Wildman–Crippen MR) is 95.8 cm³/mol. The van der Waals surface area contributed by atoms with Crippen LogP contribution in [0.4, 0.5) is 0 Å². The predicted octanol–water partition coefficient (Wildman–Crippen LogP) is 1.57. The minimum Gasteiger partial charge on any atom is -0.302 e. The Kier molecular flexibility index (Phi) is 4.70. The van der Waals surface area contributed by atoms with Crippen LogP contribution in [-0.4, -0.2) is 96.6 Å². The summed E-state index contributed by atoms with van der Waals surface area (Å²) in [6.07, 6.45) is 5.60. The second-order valence-corrected chi connectivity index (χ2v) is 8.80. The van der Waals surface area contributed by atoms with Crippen LogP contribution < -0.4 is 0 Å². The van der Waals surface area contributed by atoms with Crippen LogP contribution in [0.15, 0.2) is 0 Å². The van der Waals surface area contributed by atoms with Crippen LogP contribution in [0.3, 0.4) is 0 Å². The van der Waals surface area contributed by atoms with Gasteiger partial charge in [-0.05, 0) is 59.0 Å². The van der Waals surface area contributed by atoms with Crippen LogP contribution in [0.1, 0.15) is 39.5 Å². The van der Waals surface area contributed by atoms with E-state index in [1.165, 1.54) is 71.5 Å². The van der Waals surface area contributed by atoms with E-state index in [1.807, 2.05) is 0 Å². The molecule has 0 N–H and O–H groups in total. The molecule has 4 rings (SSSR count). The number of piperazine rings is 1. The van der Waals surface area contributed by atoms with E-state index in [0.717, 1.165) is 30.1 Å². The fourth-order valence-corrected chi connectivity index (χ4v) is 5.43. The lowest BCUT2D eigenvalue weighted by Gasteiger charge is -2.50. The number of fused-ring (bicyclic) bond motifs is 2. The average molecular weight is 321 g/mol. The number of hydrogen-bond acceptors (Lipinski definition) is 4. The van der Waals surface area contributed by atoms with Crippen LogP contribution in [0, 0.1) is 5.92 Å². The first-order valence-corrected chi connectivity index (χ1v) is 10.0. The molecule has 4 heterocycles. The van der Waals surface area contributed by atoms with Crippen LogP contribution >= 0.6 is 0 Å². The molecule has 0 radical (unpaired) electrons. The zero-order chi connectivity index (χ0) is 16.0. The lowest BCUT2D eigenvalue weighted by Crippen LogP contribution is -2.61. The Bertz CT molecular complexity index is 414. The maximum absolute atomic E-state index is 2.78. The third kappa shape index (κ3) is 3.20. The summed E-state index contributed by atoms with van der Waals surface area (Å²) in [5.41, 5.74) is 0. The first-order valence-electron chi connectivity index (χ1n) is 10.0. The Morgan fingerprint density at radius 2 is 1.61 bits per heavy atom. The molecule has 3 unspecified atom stereocenters. The number of likely N-dealkylation sites (N-methyl/N-ethyl adjacent to an activating group) is 1. The molecule has 0 aliphatic carbocycles. The second-order valence-electron chi connectivity index (χ2n) is 8.80. The highest BCUT2D eigenvalue weighted by Gasteiger charge is 2.41. The normalized spacial score (nSPS) is 39.0. The standard InChI is InChI=1S/C19H36N4/c1-15(22-11-10-21-9-7-18(21)13-22)4-5-16(2)23-12-17-6-8-20(3)19(17)14-23/h15-19H,4-14H2,1-3H3/t15-,16+,17?,18?,19?/m0/s1. The van der Waals surface area contributed by atoms with Gasteiger partial charge in [0.15, 0.2) is 0 Å². The summed E-state index contributed by atoms with van der Waals surface area (Å²) >= 11 is 0. The molecular formula is C19H36N4. The highest BCUT2D eigenvalue weighted by molar-refractivity contribution is 4.96. The van der Waals surface area contributed by atoms with E-state index < -0.39 is 0 Å². The van der Waals surface area contributed by atoms with Gasteiger partial charge in [-0.15, -0.1) is 0 Å². The molecule has 0 spiro atoms. The molecule has 5 atom stereocenters. The minimum atomic E-state index is 0.765. The van der Waals surface area contributed by atoms with Crippen LogP contribution in [0.2, 0.25) is 0 Å². The van der Waals surface area contributed by atoms with Gasteiger partial charge in [-0.3, -0.25) is 14.7 Å². The lowest BCUT2D eigenvalue weighted by molar-refractivity contribution is -0.0102. The van der Waals surface area contributed by atoms with Gasteiger partial charge in [0.05, 0.1) is 0 Å². The third-order valence-electron chi connectivity index (χ3n) is 7.49. The maximum Gasteiger partial charge on any atom is 0.0261 e. The highest BCUT2D eigenvalue weighted by Crippen LogP contribution is 2.32. The van der Waals surface area contributed by atoms with Crippen molar-refractivity contribution in [2.24, 2.45) is 5.92 Å². The van der Waals surface area contributed by atoms with Gasteiger partial charge in [0, 0.05) is 63.4 Å². The van der Waals surface area contributed by atoms with Crippen molar-refractivity contribution in [2.45, 2.75) is 63.7 Å². The summed E-state index contributed by atoms with van der Waals surface area (Å²) in [5.74, 6) is 0.951. The average Bonchev–Trinajstić information content (AvgIpc) is 3.08. The van der Waals surface area contributed by atoms with Crippen molar-refractivity contribution in [3.05, 3.63) is 0 Å². The van der Waals surface area contributed by atoms with E-state index in [2.05, 4.69) is 40.5 Å². The van der Waals surface area contributed by atoms with Gasteiger partial charge < -0.3 is 4.90 Å². The van der Waals surface area contributed by atoms with Crippen LogP contribution in [-0.2, 0) is 0 Å². The topological polar surface area (TPSA) is 13.0 Å². The number of rotatable bonds is 5. The maximum atomic E-state index is 2.78. The second kappa shape index (κ2) is 6.62. The molecule has 4 fully saturated rings. The molecule has 4 nitrogen and oxygen atoms in total. The van der Waals surface area contributed by atoms with E-state index in [1.54, 1.807) is 0 Å². The molecule has 4 saturated heterocycles. The molecule has 0 aromatic rings. The Balaban J connectivity index is 1.21. The van der Waals surface area contributed by atoms with Gasteiger partial charge in [-0.1, -0.05) is 0 Å². The zero-order valence-corrected chi connectivity index (χ0v) is 15.5. The number of likely N-dealkylation sites (tertiary alicyclic amines) is 2. The largest absolute Gasteiger partial charge is 0.302 e. The smallest absolute Gasteiger partial charge is 0.0261 e. The summed E-state index contributed by atoms with van der Waals surface area (Å²) in [5, 5.41) is 0. The van der Waals surface area contributed by atoms with Crippen molar-refractivity contribution < 1.29 is 0 Å². The molecular weight excluding hydrogens is 284 g/mol. The van der Waals surface area contributed by atoms with Crippen molar-refractivity contribution in [2.75, 3.05) is 52.9 Å². The van der Waals surface area contributed by atoms with Gasteiger partial charge in [0.2, 0.25) is 0 Å². The number of hydrogen-bond donors (Lipinski definition) is 0. The lowest BCUT2D eigenvalue weighted by atomic mass is 9.97. The molecule has 23 heavy (non-hydrogen) atoms. The van der Waals surface area contributed by atoms with E-state index >= 15 is 0 Å². The minimum absolute atomic E-state index is 0.765. The first-order chi connectivity index (χ1) is 11.1. The Labute approximate surface area is 142 Å². The van der Waals surface area contributed by atoms with Crippen molar-refractivity contribution >= 4 is 0 Å². The quantitative estimate of drug-likeness (QED) is 0.762. The van der Waals surface area contributed by atoms with Crippen molar-refractivity contribution in [3.8, 4) is 0 Å². The molecule has 0 aromatic heterocycles.